The zero-order valence-electron chi connectivity index (χ0n) is 21.1. The molecule has 0 saturated carbocycles. The second kappa shape index (κ2) is 14.4. The minimum atomic E-state index is -0.385. The molecule has 3 aromatic carbocycles. The third kappa shape index (κ3) is 8.08. The Morgan fingerprint density at radius 2 is 1.70 bits per heavy atom. The van der Waals surface area contributed by atoms with Crippen molar-refractivity contribution < 1.29 is 28.1 Å². The normalized spacial score (nSPS) is 10.8. The maximum Gasteiger partial charge on any atom is 0.271 e. The van der Waals surface area contributed by atoms with Crippen LogP contribution in [0.2, 0.25) is 0 Å². The molecule has 0 fully saturated rings. The highest BCUT2D eigenvalue weighted by Crippen LogP contribution is 2.35. The predicted octanol–water partition coefficient (Wildman–Crippen LogP) is 6.36. The summed E-state index contributed by atoms with van der Waals surface area (Å²) in [6, 6.07) is 15.1. The molecular formula is C28H30FIN2O5. The van der Waals surface area contributed by atoms with Gasteiger partial charge in [-0.25, -0.2) is 9.82 Å². The van der Waals surface area contributed by atoms with E-state index >= 15 is 0 Å². The molecule has 7 nitrogen and oxygen atoms in total. The van der Waals surface area contributed by atoms with Gasteiger partial charge in [0.1, 0.15) is 12.4 Å². The quantitative estimate of drug-likeness (QED) is 0.137. The van der Waals surface area contributed by atoms with Crippen molar-refractivity contribution in [1.29, 1.82) is 0 Å². The summed E-state index contributed by atoms with van der Waals surface area (Å²) in [5.41, 5.74) is 4.08. The van der Waals surface area contributed by atoms with Crippen LogP contribution in [-0.2, 0) is 6.61 Å². The molecule has 9 heteroatoms. The first-order valence-corrected chi connectivity index (χ1v) is 13.1. The van der Waals surface area contributed by atoms with Crippen LogP contribution in [0.3, 0.4) is 0 Å². The van der Waals surface area contributed by atoms with E-state index in [-0.39, 0.29) is 18.3 Å². The van der Waals surface area contributed by atoms with Crippen LogP contribution in [0.1, 0.15) is 48.7 Å². The number of hydrazone groups is 1. The zero-order chi connectivity index (χ0) is 26.6. The van der Waals surface area contributed by atoms with Crippen molar-refractivity contribution in [2.45, 2.75) is 33.8 Å². The molecule has 0 aliphatic carbocycles. The Balaban J connectivity index is 1.71. The number of ether oxygens (including phenoxy) is 4. The van der Waals surface area contributed by atoms with Gasteiger partial charge in [-0.3, -0.25) is 4.79 Å². The zero-order valence-corrected chi connectivity index (χ0v) is 23.2. The Bertz CT molecular complexity index is 1240. The van der Waals surface area contributed by atoms with Gasteiger partial charge in [-0.2, -0.15) is 5.10 Å². The minimum Gasteiger partial charge on any atom is -0.490 e. The summed E-state index contributed by atoms with van der Waals surface area (Å²) in [6.07, 6.45) is 2.39. The van der Waals surface area contributed by atoms with E-state index in [1.807, 2.05) is 26.8 Å². The van der Waals surface area contributed by atoms with Crippen molar-refractivity contribution in [1.82, 2.24) is 5.43 Å². The van der Waals surface area contributed by atoms with Gasteiger partial charge in [-0.15, -0.1) is 0 Å². The molecule has 0 heterocycles. The molecular weight excluding hydrogens is 590 g/mol. The predicted molar refractivity (Wildman–Crippen MR) is 150 cm³/mol. The van der Waals surface area contributed by atoms with Gasteiger partial charge in [0.2, 0.25) is 0 Å². The standard InChI is InChI=1S/C28H30FIN2O5/c1-4-13-36-24-12-11-20(16-25(24)34-5-2)28(33)32-31-17-19-14-23(30)27(26(15-19)35-6-3)37-18-21-9-7-8-10-22(21)29/h7-12,14-17H,4-6,13,18H2,1-3H3,(H,32,33)/b31-17+. The smallest absolute Gasteiger partial charge is 0.271 e. The second-order valence-corrected chi connectivity index (χ2v) is 8.95. The third-order valence-electron chi connectivity index (χ3n) is 5.01. The molecule has 3 rings (SSSR count). The monoisotopic (exact) mass is 620 g/mol. The fourth-order valence-corrected chi connectivity index (χ4v) is 4.09. The SMILES string of the molecule is CCCOc1ccc(C(=O)N/N=C/c2cc(I)c(OCc3ccccc3F)c(OCC)c2)cc1OCC. The molecule has 196 valence electrons. The summed E-state index contributed by atoms with van der Waals surface area (Å²) in [4.78, 5) is 12.7. The van der Waals surface area contributed by atoms with Crippen LogP contribution in [0.5, 0.6) is 23.0 Å². The molecule has 0 bridgehead atoms. The van der Waals surface area contributed by atoms with E-state index in [9.17, 15) is 9.18 Å². The van der Waals surface area contributed by atoms with Crippen molar-refractivity contribution in [3.05, 3.63) is 80.7 Å². The van der Waals surface area contributed by atoms with Crippen LogP contribution < -0.4 is 24.4 Å². The van der Waals surface area contributed by atoms with Gasteiger partial charge in [0.15, 0.2) is 23.0 Å². The van der Waals surface area contributed by atoms with Crippen LogP contribution in [0, 0.1) is 9.39 Å². The highest BCUT2D eigenvalue weighted by molar-refractivity contribution is 14.1. The number of carbonyl (C=O) groups excluding carboxylic acids is 1. The maximum absolute atomic E-state index is 14.0. The van der Waals surface area contributed by atoms with Gasteiger partial charge in [-0.1, -0.05) is 25.1 Å². The fourth-order valence-electron chi connectivity index (χ4n) is 3.31. The Labute approximate surface area is 230 Å². The van der Waals surface area contributed by atoms with Gasteiger partial charge < -0.3 is 18.9 Å². The van der Waals surface area contributed by atoms with Gasteiger partial charge in [0.25, 0.3) is 5.91 Å². The molecule has 0 aliphatic rings. The number of halogens is 2. The van der Waals surface area contributed by atoms with Crippen LogP contribution in [-0.4, -0.2) is 31.9 Å². The summed E-state index contributed by atoms with van der Waals surface area (Å²) in [6.45, 7) is 7.25. The largest absolute Gasteiger partial charge is 0.490 e. The topological polar surface area (TPSA) is 78.4 Å². The molecule has 0 saturated heterocycles. The Morgan fingerprint density at radius 3 is 2.43 bits per heavy atom. The van der Waals surface area contributed by atoms with Gasteiger partial charge in [0, 0.05) is 11.1 Å². The number of hydrogen-bond donors (Lipinski definition) is 1. The highest BCUT2D eigenvalue weighted by atomic mass is 127. The van der Waals surface area contributed by atoms with Crippen molar-refractivity contribution in [2.75, 3.05) is 19.8 Å². The van der Waals surface area contributed by atoms with E-state index < -0.39 is 0 Å². The number of nitrogens with zero attached hydrogens (tertiary/aromatic N) is 1. The second-order valence-electron chi connectivity index (χ2n) is 7.79. The summed E-state index contributed by atoms with van der Waals surface area (Å²) in [5.74, 6) is 1.41. The Hall–Kier alpha value is -3.34. The number of nitrogens with one attached hydrogen (secondary N) is 1. The van der Waals surface area contributed by atoms with Crippen molar-refractivity contribution in [3.8, 4) is 23.0 Å². The van der Waals surface area contributed by atoms with Gasteiger partial charge in [0.05, 0.1) is 29.6 Å². The van der Waals surface area contributed by atoms with E-state index in [0.29, 0.717) is 59.5 Å². The van der Waals surface area contributed by atoms with Crippen molar-refractivity contribution in [2.24, 2.45) is 5.10 Å². The summed E-state index contributed by atoms with van der Waals surface area (Å²) in [7, 11) is 0. The fraction of sp³-hybridized carbons (Fsp3) is 0.286. The summed E-state index contributed by atoms with van der Waals surface area (Å²) >= 11 is 2.13. The molecule has 0 radical (unpaired) electrons. The first-order valence-electron chi connectivity index (χ1n) is 12.0. The Morgan fingerprint density at radius 1 is 0.946 bits per heavy atom. The number of benzene rings is 3. The third-order valence-corrected chi connectivity index (χ3v) is 5.81. The van der Waals surface area contributed by atoms with Crippen LogP contribution in [0.25, 0.3) is 0 Å². The lowest BCUT2D eigenvalue weighted by atomic mass is 10.2. The van der Waals surface area contributed by atoms with Crippen LogP contribution in [0.4, 0.5) is 4.39 Å². The number of amides is 1. The van der Waals surface area contributed by atoms with E-state index in [4.69, 9.17) is 18.9 Å². The molecule has 0 atom stereocenters. The lowest BCUT2D eigenvalue weighted by molar-refractivity contribution is 0.0954. The molecule has 0 aromatic heterocycles. The van der Waals surface area contributed by atoms with Gasteiger partial charge in [-0.05, 0) is 84.8 Å². The summed E-state index contributed by atoms with van der Waals surface area (Å²) in [5, 5.41) is 4.10. The van der Waals surface area contributed by atoms with E-state index in [1.54, 1.807) is 42.5 Å². The first kappa shape index (κ1) is 28.2. The lowest BCUT2D eigenvalue weighted by Gasteiger charge is -2.15. The van der Waals surface area contributed by atoms with E-state index in [1.165, 1.54) is 12.3 Å². The van der Waals surface area contributed by atoms with Crippen LogP contribution in [0.15, 0.2) is 59.7 Å². The molecule has 37 heavy (non-hydrogen) atoms. The highest BCUT2D eigenvalue weighted by Gasteiger charge is 2.14. The molecule has 0 spiro atoms. The average Bonchev–Trinajstić information content (AvgIpc) is 2.88. The van der Waals surface area contributed by atoms with Crippen LogP contribution >= 0.6 is 22.6 Å². The molecule has 0 unspecified atom stereocenters. The maximum atomic E-state index is 14.0. The van der Waals surface area contributed by atoms with E-state index in [2.05, 4.69) is 33.1 Å². The molecule has 0 aliphatic heterocycles. The lowest BCUT2D eigenvalue weighted by Crippen LogP contribution is -2.18. The molecule has 1 amide bonds. The summed E-state index contributed by atoms with van der Waals surface area (Å²) < 4.78 is 37.7. The Kier molecular flexibility index (Phi) is 11.0. The van der Waals surface area contributed by atoms with E-state index in [0.717, 1.165) is 9.99 Å². The van der Waals surface area contributed by atoms with Crippen molar-refractivity contribution in [3.63, 3.8) is 0 Å². The first-order chi connectivity index (χ1) is 18.0. The van der Waals surface area contributed by atoms with Gasteiger partial charge >= 0.3 is 0 Å². The molecule has 3 aromatic rings. The number of rotatable bonds is 13. The van der Waals surface area contributed by atoms with Crippen molar-refractivity contribution >= 4 is 34.7 Å². The molecule has 1 N–H and O–H groups in total. The number of hydrogen-bond acceptors (Lipinski definition) is 6. The minimum absolute atomic E-state index is 0.0677. The number of carbonyl (C=O) groups is 1. The average molecular weight is 620 g/mol.